The molecule has 0 unspecified atom stereocenters. The zero-order valence-corrected chi connectivity index (χ0v) is 18.1. The van der Waals surface area contributed by atoms with Crippen LogP contribution in [0.1, 0.15) is 43.2 Å². The van der Waals surface area contributed by atoms with Gasteiger partial charge in [0.15, 0.2) is 5.13 Å². The summed E-state index contributed by atoms with van der Waals surface area (Å²) in [6, 6.07) is 11.2. The van der Waals surface area contributed by atoms with E-state index < -0.39 is 0 Å². The Bertz CT molecular complexity index is 1090. The predicted octanol–water partition coefficient (Wildman–Crippen LogP) is 6.08. The normalized spacial score (nSPS) is 14.5. The van der Waals surface area contributed by atoms with Gasteiger partial charge in [-0.1, -0.05) is 48.3 Å². The molecule has 30 heavy (non-hydrogen) atoms. The van der Waals surface area contributed by atoms with Gasteiger partial charge in [-0.2, -0.15) is 0 Å². The van der Waals surface area contributed by atoms with Crippen molar-refractivity contribution in [2.24, 2.45) is 5.92 Å². The Morgan fingerprint density at radius 1 is 0.967 bits per heavy atom. The van der Waals surface area contributed by atoms with E-state index in [2.05, 4.69) is 20.9 Å². The summed E-state index contributed by atoms with van der Waals surface area (Å²) in [5.41, 5.74) is 4.35. The molecule has 156 valence electrons. The van der Waals surface area contributed by atoms with Gasteiger partial charge >= 0.3 is 6.03 Å². The number of aromatic nitrogens is 1. The molecular weight excluding hydrogens is 396 g/mol. The Balaban J connectivity index is 1.41. The lowest BCUT2D eigenvalue weighted by molar-refractivity contribution is -0.120. The van der Waals surface area contributed by atoms with E-state index in [1.54, 1.807) is 0 Å². The van der Waals surface area contributed by atoms with Crippen LogP contribution in [-0.2, 0) is 4.79 Å². The van der Waals surface area contributed by atoms with Gasteiger partial charge in [-0.05, 0) is 56.5 Å². The molecule has 4 rings (SSSR count). The summed E-state index contributed by atoms with van der Waals surface area (Å²) >= 11 is 1.45. The van der Waals surface area contributed by atoms with Crippen molar-refractivity contribution < 1.29 is 9.59 Å². The molecule has 0 aliphatic heterocycles. The SMILES string of the molecule is Cc1ccc(NC(=O)Nc2ccc3sc(NC(=O)C4CCCCC4)nc3c2)c(C)c1. The molecule has 0 saturated heterocycles. The number of urea groups is 1. The summed E-state index contributed by atoms with van der Waals surface area (Å²) in [6.45, 7) is 3.98. The first-order valence-corrected chi connectivity index (χ1v) is 11.2. The van der Waals surface area contributed by atoms with Gasteiger partial charge in [0.1, 0.15) is 0 Å². The first kappa shape index (κ1) is 20.3. The first-order chi connectivity index (χ1) is 14.5. The topological polar surface area (TPSA) is 83.1 Å². The van der Waals surface area contributed by atoms with Gasteiger partial charge in [0.2, 0.25) is 5.91 Å². The third kappa shape index (κ3) is 4.79. The van der Waals surface area contributed by atoms with Crippen LogP contribution in [0.3, 0.4) is 0 Å². The van der Waals surface area contributed by atoms with Crippen molar-refractivity contribution in [1.82, 2.24) is 4.98 Å². The van der Waals surface area contributed by atoms with Gasteiger partial charge in [-0.25, -0.2) is 9.78 Å². The molecule has 3 amide bonds. The quantitative estimate of drug-likeness (QED) is 0.477. The van der Waals surface area contributed by atoms with Gasteiger partial charge in [0.05, 0.1) is 10.2 Å². The third-order valence-corrected chi connectivity index (χ3v) is 6.43. The van der Waals surface area contributed by atoms with E-state index >= 15 is 0 Å². The van der Waals surface area contributed by atoms with Crippen molar-refractivity contribution in [2.75, 3.05) is 16.0 Å². The highest BCUT2D eigenvalue weighted by Gasteiger charge is 2.22. The third-order valence-electron chi connectivity index (χ3n) is 5.48. The summed E-state index contributed by atoms with van der Waals surface area (Å²) in [5.74, 6) is 0.164. The molecule has 3 N–H and O–H groups in total. The molecule has 1 saturated carbocycles. The second-order valence-electron chi connectivity index (χ2n) is 7.92. The number of hydrogen-bond acceptors (Lipinski definition) is 4. The molecule has 1 aromatic heterocycles. The Morgan fingerprint density at radius 3 is 2.53 bits per heavy atom. The van der Waals surface area contributed by atoms with E-state index in [4.69, 9.17) is 0 Å². The lowest BCUT2D eigenvalue weighted by Gasteiger charge is -2.19. The maximum Gasteiger partial charge on any atom is 0.323 e. The Kier molecular flexibility index (Phi) is 5.99. The molecule has 3 aromatic rings. The van der Waals surface area contributed by atoms with Crippen LogP contribution in [0.5, 0.6) is 0 Å². The van der Waals surface area contributed by atoms with E-state index in [1.807, 2.05) is 50.2 Å². The monoisotopic (exact) mass is 422 g/mol. The van der Waals surface area contributed by atoms with Gasteiger partial charge < -0.3 is 16.0 Å². The largest absolute Gasteiger partial charge is 0.323 e. The fourth-order valence-corrected chi connectivity index (χ4v) is 4.72. The number of hydrogen-bond donors (Lipinski definition) is 3. The minimum Gasteiger partial charge on any atom is -0.308 e. The highest BCUT2D eigenvalue weighted by atomic mass is 32.1. The molecule has 1 aliphatic carbocycles. The molecule has 0 atom stereocenters. The zero-order valence-electron chi connectivity index (χ0n) is 17.2. The first-order valence-electron chi connectivity index (χ1n) is 10.3. The van der Waals surface area contributed by atoms with Gasteiger partial charge in [0.25, 0.3) is 0 Å². The van der Waals surface area contributed by atoms with Crippen molar-refractivity contribution in [1.29, 1.82) is 0 Å². The van der Waals surface area contributed by atoms with Crippen molar-refractivity contribution in [2.45, 2.75) is 46.0 Å². The number of thiazole rings is 1. The van der Waals surface area contributed by atoms with Crippen LogP contribution in [0.4, 0.5) is 21.3 Å². The van der Waals surface area contributed by atoms with E-state index in [0.29, 0.717) is 10.8 Å². The number of anilines is 3. The average Bonchev–Trinajstić information content (AvgIpc) is 3.12. The molecule has 1 fully saturated rings. The van der Waals surface area contributed by atoms with E-state index in [1.165, 1.54) is 17.8 Å². The minimum absolute atomic E-state index is 0.0694. The molecule has 1 aliphatic rings. The van der Waals surface area contributed by atoms with Crippen LogP contribution in [0.15, 0.2) is 36.4 Å². The Morgan fingerprint density at radius 2 is 1.77 bits per heavy atom. The second-order valence-corrected chi connectivity index (χ2v) is 8.95. The molecule has 0 radical (unpaired) electrons. The maximum absolute atomic E-state index is 12.5. The fraction of sp³-hybridized carbons (Fsp3) is 0.348. The highest BCUT2D eigenvalue weighted by molar-refractivity contribution is 7.22. The van der Waals surface area contributed by atoms with Crippen LogP contribution >= 0.6 is 11.3 Å². The van der Waals surface area contributed by atoms with Gasteiger partial charge in [-0.15, -0.1) is 0 Å². The smallest absolute Gasteiger partial charge is 0.308 e. The van der Waals surface area contributed by atoms with Crippen LogP contribution in [0, 0.1) is 19.8 Å². The lowest BCUT2D eigenvalue weighted by atomic mass is 9.89. The van der Waals surface area contributed by atoms with Crippen molar-refractivity contribution in [3.05, 3.63) is 47.5 Å². The summed E-state index contributed by atoms with van der Waals surface area (Å²) in [5, 5.41) is 9.31. The Labute approximate surface area is 180 Å². The molecule has 1 heterocycles. The number of carbonyl (C=O) groups is 2. The number of aryl methyl sites for hydroxylation is 2. The van der Waals surface area contributed by atoms with Crippen molar-refractivity contribution in [3.8, 4) is 0 Å². The zero-order chi connectivity index (χ0) is 21.1. The predicted molar refractivity (Wildman–Crippen MR) is 123 cm³/mol. The van der Waals surface area contributed by atoms with E-state index in [-0.39, 0.29) is 17.9 Å². The standard InChI is InChI=1S/C23H26N4O2S/c1-14-8-10-18(15(2)12-14)25-22(29)24-17-9-11-20-19(13-17)26-23(30-20)27-21(28)16-6-4-3-5-7-16/h8-13,16H,3-7H2,1-2H3,(H2,24,25,29)(H,26,27,28). The number of benzene rings is 2. The highest BCUT2D eigenvalue weighted by Crippen LogP contribution is 2.30. The summed E-state index contributed by atoms with van der Waals surface area (Å²) < 4.78 is 0.967. The number of rotatable bonds is 4. The average molecular weight is 423 g/mol. The molecule has 0 bridgehead atoms. The summed E-state index contributed by atoms with van der Waals surface area (Å²) in [6.07, 6.45) is 5.38. The van der Waals surface area contributed by atoms with Crippen LogP contribution in [-0.4, -0.2) is 16.9 Å². The van der Waals surface area contributed by atoms with E-state index in [9.17, 15) is 9.59 Å². The number of carbonyl (C=O) groups excluding carboxylic acids is 2. The fourth-order valence-electron chi connectivity index (χ4n) is 3.87. The van der Waals surface area contributed by atoms with Crippen LogP contribution in [0.25, 0.3) is 10.2 Å². The summed E-state index contributed by atoms with van der Waals surface area (Å²) in [7, 11) is 0. The minimum atomic E-state index is -0.303. The number of nitrogens with one attached hydrogen (secondary N) is 3. The van der Waals surface area contributed by atoms with Crippen molar-refractivity contribution in [3.63, 3.8) is 0 Å². The van der Waals surface area contributed by atoms with Crippen LogP contribution in [0.2, 0.25) is 0 Å². The summed E-state index contributed by atoms with van der Waals surface area (Å²) in [4.78, 5) is 29.4. The molecule has 6 nitrogen and oxygen atoms in total. The molecule has 7 heteroatoms. The lowest BCUT2D eigenvalue weighted by Crippen LogP contribution is -2.24. The molecular formula is C23H26N4O2S. The molecule has 2 aromatic carbocycles. The number of fused-ring (bicyclic) bond motifs is 1. The number of nitrogens with zero attached hydrogens (tertiary/aromatic N) is 1. The van der Waals surface area contributed by atoms with Gasteiger partial charge in [0, 0.05) is 17.3 Å². The van der Waals surface area contributed by atoms with E-state index in [0.717, 1.165) is 52.7 Å². The number of amides is 3. The molecule has 0 spiro atoms. The van der Waals surface area contributed by atoms with Crippen LogP contribution < -0.4 is 16.0 Å². The maximum atomic E-state index is 12.5. The Hall–Kier alpha value is -2.93. The van der Waals surface area contributed by atoms with Gasteiger partial charge in [-0.3, -0.25) is 4.79 Å². The van der Waals surface area contributed by atoms with Crippen molar-refractivity contribution >= 4 is 50.0 Å². The second kappa shape index (κ2) is 8.83.